The van der Waals surface area contributed by atoms with Crippen LogP contribution in [0.25, 0.3) is 11.3 Å². The van der Waals surface area contributed by atoms with E-state index in [4.69, 9.17) is 14.9 Å². The quantitative estimate of drug-likeness (QED) is 0.664. The number of benzene rings is 1. The van der Waals surface area contributed by atoms with Gasteiger partial charge in [-0.25, -0.2) is 14.3 Å². The van der Waals surface area contributed by atoms with Crippen LogP contribution in [0.15, 0.2) is 46.6 Å². The topological polar surface area (TPSA) is 94.3 Å². The zero-order valence-corrected chi connectivity index (χ0v) is 18.2. The maximum absolute atomic E-state index is 12.8. The summed E-state index contributed by atoms with van der Waals surface area (Å²) in [6.45, 7) is 0.803. The summed E-state index contributed by atoms with van der Waals surface area (Å²) in [5.74, 6) is -0.191. The van der Waals surface area contributed by atoms with Gasteiger partial charge in [0.2, 0.25) is 0 Å². The lowest BCUT2D eigenvalue weighted by Crippen LogP contribution is -2.32. The number of thioether (sulfide) groups is 1. The molecule has 1 N–H and O–H groups in total. The largest absolute Gasteiger partial charge is 0.480 e. The number of aromatic nitrogens is 3. The third-order valence-corrected chi connectivity index (χ3v) is 7.01. The average molecular weight is 442 g/mol. The van der Waals surface area contributed by atoms with Crippen molar-refractivity contribution in [3.63, 3.8) is 0 Å². The highest BCUT2D eigenvalue weighted by atomic mass is 32.2. The Morgan fingerprint density at radius 1 is 1.16 bits per heavy atom. The highest BCUT2D eigenvalue weighted by Gasteiger charge is 2.26. The molecule has 1 saturated carbocycles. The van der Waals surface area contributed by atoms with Gasteiger partial charge in [-0.05, 0) is 49.3 Å². The third kappa shape index (κ3) is 5.62. The van der Waals surface area contributed by atoms with Gasteiger partial charge < -0.3 is 9.84 Å². The second kappa shape index (κ2) is 10.2. The molecular weight excluding hydrogens is 414 g/mol. The fraction of sp³-hybridized carbons (Fsp3) is 0.478. The van der Waals surface area contributed by atoms with Crippen LogP contribution < -0.4 is 5.69 Å². The molecule has 1 atom stereocenters. The molecular formula is C23H27N3O4S. The summed E-state index contributed by atoms with van der Waals surface area (Å²) in [4.78, 5) is 27.9. The second-order valence-electron chi connectivity index (χ2n) is 8.20. The number of nitrogens with zero attached hydrogens (tertiary/aromatic N) is 3. The van der Waals surface area contributed by atoms with Crippen molar-refractivity contribution in [3.05, 3.63) is 58.0 Å². The van der Waals surface area contributed by atoms with Crippen LogP contribution in [-0.4, -0.2) is 39.1 Å². The maximum Gasteiger partial charge on any atom is 0.364 e. The normalized spacial score (nSPS) is 23.2. The zero-order chi connectivity index (χ0) is 21.6. The molecule has 1 fully saturated rings. The molecule has 1 aromatic carbocycles. The van der Waals surface area contributed by atoms with E-state index < -0.39 is 5.97 Å². The molecule has 2 aliphatic rings. The van der Waals surface area contributed by atoms with Crippen molar-refractivity contribution in [3.8, 4) is 11.3 Å². The fourth-order valence-corrected chi connectivity index (χ4v) is 5.20. The number of aliphatic carboxylic acids is 1. The van der Waals surface area contributed by atoms with Crippen LogP contribution >= 0.6 is 11.8 Å². The van der Waals surface area contributed by atoms with Gasteiger partial charge in [-0.15, -0.1) is 11.8 Å². The average Bonchev–Trinajstić information content (AvgIpc) is 3.31. The summed E-state index contributed by atoms with van der Waals surface area (Å²) in [6.07, 6.45) is 6.85. The summed E-state index contributed by atoms with van der Waals surface area (Å²) in [6, 6.07) is 9.94. The molecule has 0 spiro atoms. The molecule has 1 aromatic heterocycles. The van der Waals surface area contributed by atoms with Gasteiger partial charge >= 0.3 is 11.7 Å². The minimum Gasteiger partial charge on any atom is -0.480 e. The fourth-order valence-electron chi connectivity index (χ4n) is 4.27. The molecule has 0 bridgehead atoms. The van der Waals surface area contributed by atoms with E-state index in [9.17, 15) is 9.59 Å². The monoisotopic (exact) mass is 441 g/mol. The van der Waals surface area contributed by atoms with Crippen LogP contribution in [0.1, 0.15) is 43.0 Å². The molecule has 0 radical (unpaired) electrons. The maximum atomic E-state index is 12.8. The molecule has 1 aliphatic carbocycles. The van der Waals surface area contributed by atoms with Crippen molar-refractivity contribution in [2.75, 3.05) is 13.2 Å². The van der Waals surface area contributed by atoms with E-state index in [0.29, 0.717) is 25.0 Å². The van der Waals surface area contributed by atoms with Gasteiger partial charge in [0.1, 0.15) is 12.3 Å². The van der Waals surface area contributed by atoms with E-state index in [1.165, 1.54) is 4.68 Å². The van der Waals surface area contributed by atoms with Crippen molar-refractivity contribution >= 4 is 17.7 Å². The Hall–Kier alpha value is -2.45. The summed E-state index contributed by atoms with van der Waals surface area (Å²) in [7, 11) is 0. The van der Waals surface area contributed by atoms with Crippen molar-refractivity contribution in [1.82, 2.24) is 14.8 Å². The smallest absolute Gasteiger partial charge is 0.364 e. The third-order valence-electron chi connectivity index (χ3n) is 5.92. The standard InChI is InChI=1S/C23H27N3O4S/c27-20(28)15-30-14-17-10-8-16(9-11-17)13-26-23(29)24-22(19-7-4-12-31-19)21(25-26)18-5-2-1-3-6-18/h1-6,12,16-17,19H,7-11,13-15H2,(H,27,28). The molecule has 4 rings (SSSR count). The number of carbonyl (C=O) groups is 1. The molecule has 7 nitrogen and oxygen atoms in total. The number of ether oxygens (including phenoxy) is 1. The first-order valence-electron chi connectivity index (χ1n) is 10.7. The summed E-state index contributed by atoms with van der Waals surface area (Å²) >= 11 is 1.68. The predicted octanol–water partition coefficient (Wildman–Crippen LogP) is 3.90. The van der Waals surface area contributed by atoms with E-state index in [0.717, 1.165) is 49.1 Å². The van der Waals surface area contributed by atoms with E-state index in [-0.39, 0.29) is 17.5 Å². The van der Waals surface area contributed by atoms with Crippen LogP contribution in [0.5, 0.6) is 0 Å². The van der Waals surface area contributed by atoms with Crippen molar-refractivity contribution < 1.29 is 14.6 Å². The SMILES string of the molecule is O=C(O)COCC1CCC(Cn2nc(-c3ccccc3)c(C3CC=CS3)nc2=O)CC1. The first-order chi connectivity index (χ1) is 15.1. The molecule has 164 valence electrons. The molecule has 2 heterocycles. The number of rotatable bonds is 8. The molecule has 1 aliphatic heterocycles. The molecule has 2 aromatic rings. The molecule has 0 amide bonds. The number of hydrogen-bond donors (Lipinski definition) is 1. The number of allylic oxidation sites excluding steroid dienone is 1. The lowest BCUT2D eigenvalue weighted by Gasteiger charge is -2.28. The van der Waals surface area contributed by atoms with Gasteiger partial charge in [-0.3, -0.25) is 0 Å². The Balaban J connectivity index is 1.47. The van der Waals surface area contributed by atoms with Gasteiger partial charge in [0.15, 0.2) is 0 Å². The van der Waals surface area contributed by atoms with Crippen molar-refractivity contribution in [1.29, 1.82) is 0 Å². The van der Waals surface area contributed by atoms with E-state index in [1.807, 2.05) is 30.3 Å². The summed E-state index contributed by atoms with van der Waals surface area (Å²) in [5.41, 5.74) is 2.25. The molecule has 31 heavy (non-hydrogen) atoms. The Morgan fingerprint density at radius 3 is 2.58 bits per heavy atom. The first kappa shape index (κ1) is 21.8. The van der Waals surface area contributed by atoms with Gasteiger partial charge in [-0.2, -0.15) is 10.1 Å². The first-order valence-corrected chi connectivity index (χ1v) is 11.7. The molecule has 0 saturated heterocycles. The van der Waals surface area contributed by atoms with Gasteiger partial charge in [0.05, 0.1) is 17.6 Å². The second-order valence-corrected chi connectivity index (χ2v) is 9.32. The molecule has 1 unspecified atom stereocenters. The highest BCUT2D eigenvalue weighted by Crippen LogP contribution is 2.40. The van der Waals surface area contributed by atoms with Gasteiger partial charge in [-0.1, -0.05) is 36.4 Å². The lowest BCUT2D eigenvalue weighted by atomic mass is 9.82. The minimum absolute atomic E-state index is 0.131. The number of carboxylic acids is 1. The van der Waals surface area contributed by atoms with Crippen molar-refractivity contribution in [2.45, 2.75) is 43.9 Å². The van der Waals surface area contributed by atoms with Crippen LogP contribution in [0, 0.1) is 11.8 Å². The number of carboxylic acid groups (broad SMARTS) is 1. The van der Waals surface area contributed by atoms with Crippen LogP contribution in [0.3, 0.4) is 0 Å². The molecule has 8 heteroatoms. The van der Waals surface area contributed by atoms with Crippen LogP contribution in [-0.2, 0) is 16.1 Å². The van der Waals surface area contributed by atoms with Crippen LogP contribution in [0.2, 0.25) is 0 Å². The van der Waals surface area contributed by atoms with Gasteiger partial charge in [0, 0.05) is 12.1 Å². The summed E-state index contributed by atoms with van der Waals surface area (Å²) in [5, 5.41) is 15.7. The van der Waals surface area contributed by atoms with Crippen molar-refractivity contribution in [2.24, 2.45) is 11.8 Å². The zero-order valence-electron chi connectivity index (χ0n) is 17.4. The Kier molecular flexibility index (Phi) is 7.19. The van der Waals surface area contributed by atoms with E-state index >= 15 is 0 Å². The predicted molar refractivity (Wildman–Crippen MR) is 120 cm³/mol. The van der Waals surface area contributed by atoms with E-state index in [2.05, 4.69) is 16.5 Å². The van der Waals surface area contributed by atoms with Gasteiger partial charge in [0.25, 0.3) is 0 Å². The van der Waals surface area contributed by atoms with Crippen LogP contribution in [0.4, 0.5) is 0 Å². The Morgan fingerprint density at radius 2 is 1.90 bits per heavy atom. The highest BCUT2D eigenvalue weighted by molar-refractivity contribution is 8.02. The lowest BCUT2D eigenvalue weighted by molar-refractivity contribution is -0.142. The Bertz CT molecular complexity index is 976. The minimum atomic E-state index is -0.934. The number of hydrogen-bond acceptors (Lipinski definition) is 6. The van der Waals surface area contributed by atoms with E-state index in [1.54, 1.807) is 11.8 Å². The Labute approximate surface area is 185 Å². The summed E-state index contributed by atoms with van der Waals surface area (Å²) < 4.78 is 6.78.